The van der Waals surface area contributed by atoms with Gasteiger partial charge in [0.05, 0.1) is 16.0 Å². The second-order valence-electron chi connectivity index (χ2n) is 5.66. The Labute approximate surface area is 159 Å². The van der Waals surface area contributed by atoms with Crippen molar-refractivity contribution in [3.8, 4) is 5.75 Å². The molecule has 0 saturated heterocycles. The molecule has 0 aliphatic carbocycles. The molecule has 0 radical (unpaired) electrons. The number of anilines is 1. The molecule has 0 aliphatic rings. The van der Waals surface area contributed by atoms with Gasteiger partial charge < -0.3 is 10.8 Å². The third-order valence-electron chi connectivity index (χ3n) is 3.77. The summed E-state index contributed by atoms with van der Waals surface area (Å²) in [6.45, 7) is 0. The van der Waals surface area contributed by atoms with Crippen molar-refractivity contribution >= 4 is 48.1 Å². The number of phenolic OH excluding ortho intramolecular Hbond substituents is 1. The molecule has 0 atom stereocenters. The summed E-state index contributed by atoms with van der Waals surface area (Å²) < 4.78 is 64.0. The molecule has 0 heterocycles. The first-order chi connectivity index (χ1) is 13.0. The summed E-state index contributed by atoms with van der Waals surface area (Å²) in [6, 6.07) is 10.00. The summed E-state index contributed by atoms with van der Waals surface area (Å²) in [5.41, 5.74) is 5.71. The van der Waals surface area contributed by atoms with E-state index in [1.807, 2.05) is 0 Å². The van der Waals surface area contributed by atoms with Crippen molar-refractivity contribution in [1.29, 1.82) is 0 Å². The van der Waals surface area contributed by atoms with Gasteiger partial charge in [-0.3, -0.25) is 9.11 Å². The molecule has 0 bridgehead atoms. The van der Waals surface area contributed by atoms with Crippen molar-refractivity contribution in [2.24, 2.45) is 10.2 Å². The van der Waals surface area contributed by atoms with Gasteiger partial charge in [-0.15, -0.1) is 10.2 Å². The monoisotopic (exact) mass is 423 g/mol. The highest BCUT2D eigenvalue weighted by Gasteiger charge is 2.18. The van der Waals surface area contributed by atoms with Crippen molar-refractivity contribution < 1.29 is 31.0 Å². The standard InChI is InChI=1S/C16H13N3O7S2/c17-11-6-5-9-7-10(27(21,22)23)8-13(20)15(9)16(11)19-18-12-3-1-2-4-14(12)28(24,25)26/h1-8,20H,17H2,(H,21,22,23)(H,24,25,26)/b19-18+. The van der Waals surface area contributed by atoms with Crippen LogP contribution in [0.1, 0.15) is 0 Å². The minimum Gasteiger partial charge on any atom is -0.507 e. The van der Waals surface area contributed by atoms with E-state index in [2.05, 4.69) is 10.2 Å². The van der Waals surface area contributed by atoms with E-state index in [1.165, 1.54) is 30.3 Å². The van der Waals surface area contributed by atoms with Crippen LogP contribution in [0.3, 0.4) is 0 Å². The average molecular weight is 423 g/mol. The van der Waals surface area contributed by atoms with Crippen LogP contribution in [0.5, 0.6) is 5.75 Å². The Bertz CT molecular complexity index is 1330. The highest BCUT2D eigenvalue weighted by Crippen LogP contribution is 2.40. The second kappa shape index (κ2) is 6.83. The van der Waals surface area contributed by atoms with E-state index in [9.17, 15) is 26.5 Å². The second-order valence-corrected chi connectivity index (χ2v) is 8.47. The molecule has 3 rings (SSSR count). The Morgan fingerprint density at radius 1 is 0.857 bits per heavy atom. The van der Waals surface area contributed by atoms with Gasteiger partial charge in [-0.2, -0.15) is 16.8 Å². The van der Waals surface area contributed by atoms with Gasteiger partial charge in [0.1, 0.15) is 22.0 Å². The smallest absolute Gasteiger partial charge is 0.296 e. The molecule has 3 aromatic rings. The molecule has 10 nitrogen and oxygen atoms in total. The molecule has 5 N–H and O–H groups in total. The van der Waals surface area contributed by atoms with Gasteiger partial charge in [0.25, 0.3) is 20.2 Å². The first-order valence-electron chi connectivity index (χ1n) is 7.49. The van der Waals surface area contributed by atoms with Crippen LogP contribution in [-0.2, 0) is 20.2 Å². The van der Waals surface area contributed by atoms with Crippen LogP contribution >= 0.6 is 0 Å². The van der Waals surface area contributed by atoms with Gasteiger partial charge in [0, 0.05) is 6.07 Å². The number of benzene rings is 3. The van der Waals surface area contributed by atoms with Crippen LogP contribution in [0.4, 0.5) is 17.1 Å². The molecular weight excluding hydrogens is 410 g/mol. The maximum atomic E-state index is 11.4. The highest BCUT2D eigenvalue weighted by atomic mass is 32.2. The van der Waals surface area contributed by atoms with Crippen LogP contribution < -0.4 is 5.73 Å². The molecule has 0 unspecified atom stereocenters. The van der Waals surface area contributed by atoms with E-state index in [1.54, 1.807) is 0 Å². The van der Waals surface area contributed by atoms with E-state index in [0.29, 0.717) is 0 Å². The predicted molar refractivity (Wildman–Crippen MR) is 100 cm³/mol. The third kappa shape index (κ3) is 3.80. The Morgan fingerprint density at radius 3 is 2.18 bits per heavy atom. The number of azo groups is 1. The number of phenols is 1. The molecule has 12 heteroatoms. The molecule has 0 fully saturated rings. The predicted octanol–water partition coefficient (Wildman–Crippen LogP) is 3.04. The maximum absolute atomic E-state index is 11.4. The van der Waals surface area contributed by atoms with Crippen molar-refractivity contribution in [3.05, 3.63) is 48.5 Å². The van der Waals surface area contributed by atoms with Gasteiger partial charge in [-0.1, -0.05) is 18.2 Å². The van der Waals surface area contributed by atoms with Crippen LogP contribution in [0, 0.1) is 0 Å². The summed E-state index contributed by atoms with van der Waals surface area (Å²) in [4.78, 5) is -1.00. The lowest BCUT2D eigenvalue weighted by Crippen LogP contribution is -1.98. The summed E-state index contributed by atoms with van der Waals surface area (Å²) in [5, 5.41) is 18.1. The van der Waals surface area contributed by atoms with Crippen molar-refractivity contribution in [1.82, 2.24) is 0 Å². The van der Waals surface area contributed by atoms with Gasteiger partial charge >= 0.3 is 0 Å². The fourth-order valence-corrected chi connectivity index (χ4v) is 3.69. The number of nitrogens with two attached hydrogens (primary N) is 1. The first kappa shape index (κ1) is 19.7. The topological polar surface area (TPSA) is 180 Å². The summed E-state index contributed by atoms with van der Waals surface area (Å²) in [6.07, 6.45) is 0. The minimum absolute atomic E-state index is 0.0421. The van der Waals surface area contributed by atoms with Crippen LogP contribution in [0.2, 0.25) is 0 Å². The summed E-state index contributed by atoms with van der Waals surface area (Å²) >= 11 is 0. The normalized spacial score (nSPS) is 12.6. The van der Waals surface area contributed by atoms with Crippen LogP contribution in [-0.4, -0.2) is 31.0 Å². The molecule has 0 saturated carbocycles. The lowest BCUT2D eigenvalue weighted by molar-refractivity contribution is 0.471. The fraction of sp³-hybridized carbons (Fsp3) is 0. The SMILES string of the molecule is Nc1ccc2cc(S(=O)(=O)O)cc(O)c2c1/N=N/c1ccccc1S(=O)(=O)O. The molecule has 28 heavy (non-hydrogen) atoms. The van der Waals surface area contributed by atoms with Crippen molar-refractivity contribution in [2.75, 3.05) is 5.73 Å². The molecule has 0 aromatic heterocycles. The van der Waals surface area contributed by atoms with Gasteiger partial charge in [-0.25, -0.2) is 0 Å². The molecule has 146 valence electrons. The number of nitrogen functional groups attached to an aromatic ring is 1. The number of fused-ring (bicyclic) bond motifs is 1. The summed E-state index contributed by atoms with van der Waals surface area (Å²) in [7, 11) is -9.11. The maximum Gasteiger partial charge on any atom is 0.296 e. The zero-order valence-corrected chi connectivity index (χ0v) is 15.5. The quantitative estimate of drug-likeness (QED) is 0.281. The van der Waals surface area contributed by atoms with E-state index in [4.69, 9.17) is 10.3 Å². The number of hydrogen-bond acceptors (Lipinski definition) is 8. The zero-order chi connectivity index (χ0) is 20.7. The Hall–Kier alpha value is -3.06. The largest absolute Gasteiger partial charge is 0.507 e. The molecule has 3 aromatic carbocycles. The zero-order valence-electron chi connectivity index (χ0n) is 13.9. The summed E-state index contributed by atoms with van der Waals surface area (Å²) in [5.74, 6) is -0.533. The van der Waals surface area contributed by atoms with Gasteiger partial charge in [0.2, 0.25) is 0 Å². The number of nitrogens with zero attached hydrogens (tertiary/aromatic N) is 2. The van der Waals surface area contributed by atoms with E-state index < -0.39 is 35.8 Å². The van der Waals surface area contributed by atoms with Crippen LogP contribution in [0.15, 0.2) is 68.6 Å². The number of aromatic hydroxyl groups is 1. The van der Waals surface area contributed by atoms with E-state index in [-0.39, 0.29) is 27.8 Å². The van der Waals surface area contributed by atoms with Crippen molar-refractivity contribution in [2.45, 2.75) is 9.79 Å². The number of rotatable bonds is 4. The average Bonchev–Trinajstić information content (AvgIpc) is 2.59. The number of hydrogen-bond donors (Lipinski definition) is 4. The minimum atomic E-state index is -4.56. The Balaban J connectivity index is 2.23. The first-order valence-corrected chi connectivity index (χ1v) is 10.4. The lowest BCUT2D eigenvalue weighted by atomic mass is 10.1. The third-order valence-corrected chi connectivity index (χ3v) is 5.51. The molecule has 0 amide bonds. The fourth-order valence-electron chi connectivity index (χ4n) is 2.53. The van der Waals surface area contributed by atoms with Gasteiger partial charge in [-0.05, 0) is 29.7 Å². The lowest BCUT2D eigenvalue weighted by Gasteiger charge is -2.09. The Morgan fingerprint density at radius 2 is 1.54 bits per heavy atom. The van der Waals surface area contributed by atoms with Crippen molar-refractivity contribution in [3.63, 3.8) is 0 Å². The molecule has 0 aliphatic heterocycles. The van der Waals surface area contributed by atoms with Crippen LogP contribution in [0.25, 0.3) is 10.8 Å². The molecular formula is C16H13N3O7S2. The van der Waals surface area contributed by atoms with Gasteiger partial charge in [0.15, 0.2) is 0 Å². The van der Waals surface area contributed by atoms with E-state index in [0.717, 1.165) is 18.2 Å². The Kier molecular flexibility index (Phi) is 4.81. The molecule has 0 spiro atoms. The van der Waals surface area contributed by atoms with E-state index >= 15 is 0 Å². The highest BCUT2D eigenvalue weighted by molar-refractivity contribution is 7.86.